The molecule has 0 saturated heterocycles. The van der Waals surface area contributed by atoms with Gasteiger partial charge in [0.1, 0.15) is 0 Å². The summed E-state index contributed by atoms with van der Waals surface area (Å²) in [5.74, 6) is 0. The number of hydrogen-bond donors (Lipinski definition) is 0. The fourth-order valence-electron chi connectivity index (χ4n) is 1.01. The van der Waals surface area contributed by atoms with Gasteiger partial charge in [-0.15, -0.1) is 11.8 Å². The highest BCUT2D eigenvalue weighted by Gasteiger charge is 2.03. The molecule has 0 nitrogen and oxygen atoms in total. The Kier molecular flexibility index (Phi) is 4.40. The lowest BCUT2D eigenvalue weighted by Gasteiger charge is -2.08. The molecule has 13 heavy (non-hydrogen) atoms. The molecule has 0 bridgehead atoms. The summed E-state index contributed by atoms with van der Waals surface area (Å²) in [5.41, 5.74) is 2.84. The fourth-order valence-corrected chi connectivity index (χ4v) is 2.12. The van der Waals surface area contributed by atoms with E-state index < -0.39 is 0 Å². The molecule has 0 aliphatic heterocycles. The summed E-state index contributed by atoms with van der Waals surface area (Å²) in [6, 6.07) is 10.2. The Bertz CT molecular complexity index is 277. The molecule has 1 rings (SSSR count). The summed E-state index contributed by atoms with van der Waals surface area (Å²) in [6.07, 6.45) is 0. The van der Waals surface area contributed by atoms with Crippen molar-refractivity contribution in [3.05, 3.63) is 41.4 Å². The molecular formula is C11H13ClS. The Morgan fingerprint density at radius 2 is 1.92 bits per heavy atom. The van der Waals surface area contributed by atoms with E-state index in [1.54, 1.807) is 17.3 Å². The third kappa shape index (κ3) is 3.45. The van der Waals surface area contributed by atoms with Crippen molar-refractivity contribution in [1.29, 1.82) is 0 Å². The van der Waals surface area contributed by atoms with Crippen LogP contribution < -0.4 is 0 Å². The second-order valence-electron chi connectivity index (χ2n) is 3.01. The van der Waals surface area contributed by atoms with E-state index in [1.165, 1.54) is 5.56 Å². The summed E-state index contributed by atoms with van der Waals surface area (Å²) in [4.78, 5) is 1.14. The molecule has 0 heterocycles. The van der Waals surface area contributed by atoms with E-state index in [0.29, 0.717) is 5.25 Å². The van der Waals surface area contributed by atoms with Crippen molar-refractivity contribution in [3.8, 4) is 0 Å². The van der Waals surface area contributed by atoms with E-state index in [2.05, 4.69) is 26.0 Å². The third-order valence-electron chi connectivity index (χ3n) is 1.52. The molecule has 0 aliphatic carbocycles. The average molecular weight is 213 g/mol. The smallest absolute Gasteiger partial charge is 0.0260 e. The molecule has 0 aliphatic rings. The van der Waals surface area contributed by atoms with Gasteiger partial charge in [-0.2, -0.15) is 0 Å². The topological polar surface area (TPSA) is 0 Å². The van der Waals surface area contributed by atoms with Crippen molar-refractivity contribution >= 4 is 28.3 Å². The number of rotatable bonds is 3. The SMILES string of the molecule is CC(C)S/C(=C/Cl)c1ccccc1. The van der Waals surface area contributed by atoms with Gasteiger partial charge in [-0.3, -0.25) is 0 Å². The molecule has 70 valence electrons. The fraction of sp³-hybridized carbons (Fsp3) is 0.273. The Balaban J connectivity index is 2.80. The summed E-state index contributed by atoms with van der Waals surface area (Å²) in [7, 11) is 0. The Labute approximate surface area is 89.0 Å². The normalized spacial score (nSPS) is 12.2. The van der Waals surface area contributed by atoms with Gasteiger partial charge < -0.3 is 0 Å². The molecule has 1 aromatic rings. The van der Waals surface area contributed by atoms with Gasteiger partial charge in [-0.05, 0) is 5.56 Å². The number of benzene rings is 1. The first-order valence-electron chi connectivity index (χ1n) is 4.26. The van der Waals surface area contributed by atoms with Gasteiger partial charge in [-0.1, -0.05) is 55.8 Å². The molecule has 2 heteroatoms. The molecule has 0 amide bonds. The van der Waals surface area contributed by atoms with Crippen LogP contribution in [0.25, 0.3) is 4.91 Å². The summed E-state index contributed by atoms with van der Waals surface area (Å²) in [6.45, 7) is 4.32. The largest absolute Gasteiger partial charge is 0.122 e. The second-order valence-corrected chi connectivity index (χ2v) is 4.84. The monoisotopic (exact) mass is 212 g/mol. The molecular weight excluding hydrogens is 200 g/mol. The summed E-state index contributed by atoms with van der Waals surface area (Å²) in [5, 5.41) is 0.560. The second kappa shape index (κ2) is 5.36. The highest BCUT2D eigenvalue weighted by atomic mass is 35.5. The highest BCUT2D eigenvalue weighted by molar-refractivity contribution is 8.08. The van der Waals surface area contributed by atoms with Crippen LogP contribution in [0.4, 0.5) is 0 Å². The van der Waals surface area contributed by atoms with Crippen LogP contribution in [0.1, 0.15) is 19.4 Å². The molecule has 1 aromatic carbocycles. The molecule has 0 spiro atoms. The van der Waals surface area contributed by atoms with Gasteiger partial charge >= 0.3 is 0 Å². The minimum absolute atomic E-state index is 0.560. The number of halogens is 1. The predicted octanol–water partition coefficient (Wildman–Crippen LogP) is 4.37. The van der Waals surface area contributed by atoms with E-state index in [-0.39, 0.29) is 0 Å². The summed E-state index contributed by atoms with van der Waals surface area (Å²) < 4.78 is 0. The first-order valence-corrected chi connectivity index (χ1v) is 5.58. The lowest BCUT2D eigenvalue weighted by molar-refractivity contribution is 1.12. The Morgan fingerprint density at radius 1 is 1.31 bits per heavy atom. The van der Waals surface area contributed by atoms with Crippen LogP contribution in [0.2, 0.25) is 0 Å². The van der Waals surface area contributed by atoms with E-state index in [4.69, 9.17) is 11.6 Å². The molecule has 0 aromatic heterocycles. The lowest BCUT2D eigenvalue weighted by atomic mass is 10.2. The zero-order valence-electron chi connectivity index (χ0n) is 7.83. The quantitative estimate of drug-likeness (QED) is 0.717. The van der Waals surface area contributed by atoms with Gasteiger partial charge in [0, 0.05) is 15.7 Å². The van der Waals surface area contributed by atoms with Crippen LogP contribution in [0, 0.1) is 0 Å². The van der Waals surface area contributed by atoms with E-state index >= 15 is 0 Å². The first-order chi connectivity index (χ1) is 6.24. The van der Waals surface area contributed by atoms with Crippen LogP contribution in [-0.4, -0.2) is 5.25 Å². The number of thioether (sulfide) groups is 1. The summed E-state index contributed by atoms with van der Waals surface area (Å²) >= 11 is 7.55. The van der Waals surface area contributed by atoms with Gasteiger partial charge in [0.15, 0.2) is 0 Å². The van der Waals surface area contributed by atoms with Gasteiger partial charge in [0.2, 0.25) is 0 Å². The van der Waals surface area contributed by atoms with Crippen LogP contribution in [0.15, 0.2) is 35.9 Å². The minimum Gasteiger partial charge on any atom is -0.122 e. The van der Waals surface area contributed by atoms with Crippen LogP contribution in [0.3, 0.4) is 0 Å². The first kappa shape index (κ1) is 10.7. The Hall–Kier alpha value is -0.400. The standard InChI is InChI=1S/C11H13ClS/c1-9(2)13-11(8-12)10-6-4-3-5-7-10/h3-9H,1-2H3/b11-8+. The number of hydrogen-bond acceptors (Lipinski definition) is 1. The lowest BCUT2D eigenvalue weighted by Crippen LogP contribution is -1.87. The van der Waals surface area contributed by atoms with Crippen LogP contribution in [0.5, 0.6) is 0 Å². The van der Waals surface area contributed by atoms with Crippen molar-refractivity contribution < 1.29 is 0 Å². The van der Waals surface area contributed by atoms with Gasteiger partial charge in [0.05, 0.1) is 0 Å². The highest BCUT2D eigenvalue weighted by Crippen LogP contribution is 2.31. The molecule has 0 unspecified atom stereocenters. The van der Waals surface area contributed by atoms with Crippen molar-refractivity contribution in [3.63, 3.8) is 0 Å². The van der Waals surface area contributed by atoms with Crippen LogP contribution in [-0.2, 0) is 0 Å². The van der Waals surface area contributed by atoms with E-state index in [9.17, 15) is 0 Å². The third-order valence-corrected chi connectivity index (χ3v) is 2.95. The van der Waals surface area contributed by atoms with Crippen molar-refractivity contribution in [1.82, 2.24) is 0 Å². The molecule has 0 saturated carbocycles. The Morgan fingerprint density at radius 3 is 2.38 bits per heavy atom. The maximum absolute atomic E-state index is 5.76. The maximum Gasteiger partial charge on any atom is 0.0260 e. The average Bonchev–Trinajstić information content (AvgIpc) is 2.15. The predicted molar refractivity (Wildman–Crippen MR) is 63.0 cm³/mol. The minimum atomic E-state index is 0.560. The molecule has 0 atom stereocenters. The van der Waals surface area contributed by atoms with Crippen molar-refractivity contribution in [2.24, 2.45) is 0 Å². The molecule has 0 radical (unpaired) electrons. The zero-order valence-corrected chi connectivity index (χ0v) is 9.40. The van der Waals surface area contributed by atoms with E-state index in [1.807, 2.05) is 18.2 Å². The molecule has 0 fully saturated rings. The van der Waals surface area contributed by atoms with Crippen molar-refractivity contribution in [2.75, 3.05) is 0 Å². The van der Waals surface area contributed by atoms with Crippen LogP contribution >= 0.6 is 23.4 Å². The van der Waals surface area contributed by atoms with Gasteiger partial charge in [-0.25, -0.2) is 0 Å². The molecule has 0 N–H and O–H groups in total. The zero-order chi connectivity index (χ0) is 9.68. The van der Waals surface area contributed by atoms with Gasteiger partial charge in [0.25, 0.3) is 0 Å². The maximum atomic E-state index is 5.76. The van der Waals surface area contributed by atoms with Crippen molar-refractivity contribution in [2.45, 2.75) is 19.1 Å². The van der Waals surface area contributed by atoms with E-state index in [0.717, 1.165) is 4.91 Å².